The van der Waals surface area contributed by atoms with Gasteiger partial charge in [0, 0.05) is 12.7 Å². The van der Waals surface area contributed by atoms with Crippen LogP contribution in [-0.2, 0) is 6.54 Å². The molecule has 4 aliphatic carbocycles. The Balaban J connectivity index is 1.53. The summed E-state index contributed by atoms with van der Waals surface area (Å²) in [6.45, 7) is 0.817. The van der Waals surface area contributed by atoms with E-state index in [0.29, 0.717) is 13.1 Å². The average Bonchev–Trinajstić information content (AvgIpc) is 2.85. The minimum atomic E-state index is -0.485. The molecule has 4 saturated carbocycles. The Morgan fingerprint density at radius 1 is 1.20 bits per heavy atom. The highest BCUT2D eigenvalue weighted by atomic mass is 16.3. The molecular formula is C16H25N3O. The van der Waals surface area contributed by atoms with Crippen LogP contribution in [0, 0.1) is 23.7 Å². The first kappa shape index (κ1) is 12.8. The normalized spacial score (nSPS) is 40.2. The molecule has 4 heteroatoms. The molecule has 0 aromatic carbocycles. The predicted molar refractivity (Wildman–Crippen MR) is 77.1 cm³/mol. The first-order chi connectivity index (χ1) is 9.72. The maximum Gasteiger partial charge on any atom is 0.0857 e. The lowest BCUT2D eigenvalue weighted by Gasteiger charge is -2.54. The van der Waals surface area contributed by atoms with Gasteiger partial charge >= 0.3 is 0 Å². The van der Waals surface area contributed by atoms with E-state index in [1.165, 1.54) is 37.7 Å². The highest BCUT2D eigenvalue weighted by molar-refractivity contribution is 5.19. The van der Waals surface area contributed by atoms with E-state index < -0.39 is 6.10 Å². The van der Waals surface area contributed by atoms with Gasteiger partial charge in [-0.1, -0.05) is 0 Å². The highest BCUT2D eigenvalue weighted by Gasteiger charge is 2.48. The SMILES string of the molecule is NCC(O)Cn1cc(C2C3CC4CC(C3)CC2C4)cn1. The molecule has 3 N–H and O–H groups in total. The average molecular weight is 275 g/mol. The van der Waals surface area contributed by atoms with Crippen molar-refractivity contribution in [1.82, 2.24) is 9.78 Å². The Bertz CT molecular complexity index is 456. The van der Waals surface area contributed by atoms with Gasteiger partial charge in [0.05, 0.1) is 18.8 Å². The molecule has 4 fully saturated rings. The number of hydrogen-bond acceptors (Lipinski definition) is 3. The Kier molecular flexibility index (Phi) is 3.11. The smallest absolute Gasteiger partial charge is 0.0857 e. The number of aromatic nitrogens is 2. The fourth-order valence-corrected chi connectivity index (χ4v) is 5.41. The summed E-state index contributed by atoms with van der Waals surface area (Å²) in [5.41, 5.74) is 6.88. The van der Waals surface area contributed by atoms with Crippen molar-refractivity contribution in [2.75, 3.05) is 6.54 Å². The quantitative estimate of drug-likeness (QED) is 0.880. The maximum atomic E-state index is 9.65. The van der Waals surface area contributed by atoms with Crippen molar-refractivity contribution >= 4 is 0 Å². The number of nitrogens with zero attached hydrogens (tertiary/aromatic N) is 2. The first-order valence-electron chi connectivity index (χ1n) is 8.13. The maximum absolute atomic E-state index is 9.65. The monoisotopic (exact) mass is 275 g/mol. The molecule has 4 bridgehead atoms. The Morgan fingerprint density at radius 2 is 1.85 bits per heavy atom. The molecule has 0 aliphatic heterocycles. The molecule has 20 heavy (non-hydrogen) atoms. The molecule has 4 nitrogen and oxygen atoms in total. The summed E-state index contributed by atoms with van der Waals surface area (Å²) in [5.74, 6) is 4.55. The van der Waals surface area contributed by atoms with Gasteiger partial charge in [-0.25, -0.2) is 0 Å². The van der Waals surface area contributed by atoms with E-state index in [1.54, 1.807) is 0 Å². The first-order valence-corrected chi connectivity index (χ1v) is 8.13. The van der Waals surface area contributed by atoms with Crippen LogP contribution in [0.15, 0.2) is 12.4 Å². The molecule has 110 valence electrons. The van der Waals surface area contributed by atoms with Crippen LogP contribution in [0.3, 0.4) is 0 Å². The van der Waals surface area contributed by atoms with Crippen molar-refractivity contribution in [3.63, 3.8) is 0 Å². The third kappa shape index (κ3) is 2.09. The van der Waals surface area contributed by atoms with Crippen molar-refractivity contribution in [1.29, 1.82) is 0 Å². The van der Waals surface area contributed by atoms with Crippen LogP contribution < -0.4 is 5.73 Å². The number of aliphatic hydroxyl groups is 1. The van der Waals surface area contributed by atoms with Crippen LogP contribution in [0.1, 0.15) is 43.6 Å². The molecule has 0 amide bonds. The van der Waals surface area contributed by atoms with Crippen molar-refractivity contribution in [2.24, 2.45) is 29.4 Å². The molecule has 5 rings (SSSR count). The van der Waals surface area contributed by atoms with Crippen molar-refractivity contribution in [3.05, 3.63) is 18.0 Å². The zero-order chi connectivity index (χ0) is 13.7. The molecule has 1 unspecified atom stereocenters. The molecular weight excluding hydrogens is 250 g/mol. The van der Waals surface area contributed by atoms with Crippen LogP contribution in [0.2, 0.25) is 0 Å². The zero-order valence-electron chi connectivity index (χ0n) is 12.0. The molecule has 1 aromatic heterocycles. The predicted octanol–water partition coefficient (Wildman–Crippen LogP) is 1.74. The van der Waals surface area contributed by atoms with Gasteiger partial charge in [-0.2, -0.15) is 5.10 Å². The second-order valence-corrected chi connectivity index (χ2v) is 7.34. The number of aliphatic hydroxyl groups excluding tert-OH is 1. The molecule has 1 heterocycles. The van der Waals surface area contributed by atoms with Gasteiger partial charge in [0.15, 0.2) is 0 Å². The van der Waals surface area contributed by atoms with Crippen molar-refractivity contribution < 1.29 is 5.11 Å². The van der Waals surface area contributed by atoms with E-state index in [0.717, 1.165) is 29.6 Å². The minimum Gasteiger partial charge on any atom is -0.390 e. The third-order valence-electron chi connectivity index (χ3n) is 5.93. The summed E-state index contributed by atoms with van der Waals surface area (Å²) in [6.07, 6.45) is 11.0. The largest absolute Gasteiger partial charge is 0.390 e. The van der Waals surface area contributed by atoms with Gasteiger partial charge in [0.1, 0.15) is 0 Å². The lowest BCUT2D eigenvalue weighted by molar-refractivity contribution is -0.00282. The number of nitrogens with two attached hydrogens (primary N) is 1. The standard InChI is InChI=1S/C16H25N3O/c17-6-15(20)9-19-8-14(7-18-19)16-12-2-10-1-11(4-12)5-13(16)3-10/h7-8,10-13,15-16,20H,1-6,9,17H2. The summed E-state index contributed by atoms with van der Waals surface area (Å²) in [5, 5.41) is 14.1. The third-order valence-corrected chi connectivity index (χ3v) is 5.93. The lowest BCUT2D eigenvalue weighted by Crippen LogP contribution is -2.43. The molecule has 0 radical (unpaired) electrons. The molecule has 1 aromatic rings. The van der Waals surface area contributed by atoms with Crippen molar-refractivity contribution in [2.45, 2.75) is 50.7 Å². The van der Waals surface area contributed by atoms with Crippen LogP contribution in [0.4, 0.5) is 0 Å². The summed E-state index contributed by atoms with van der Waals surface area (Å²) in [7, 11) is 0. The minimum absolute atomic E-state index is 0.299. The lowest BCUT2D eigenvalue weighted by atomic mass is 9.51. The summed E-state index contributed by atoms with van der Waals surface area (Å²) in [4.78, 5) is 0. The Morgan fingerprint density at radius 3 is 2.45 bits per heavy atom. The molecule has 0 spiro atoms. The number of rotatable bonds is 4. The van der Waals surface area contributed by atoms with Gasteiger partial charge in [-0.05, 0) is 67.3 Å². The highest BCUT2D eigenvalue weighted by Crippen LogP contribution is 2.59. The second-order valence-electron chi connectivity index (χ2n) is 7.34. The van der Waals surface area contributed by atoms with E-state index >= 15 is 0 Å². The Labute approximate surface area is 120 Å². The summed E-state index contributed by atoms with van der Waals surface area (Å²) >= 11 is 0. The van der Waals surface area contributed by atoms with Gasteiger partial charge in [0.25, 0.3) is 0 Å². The molecule has 1 atom stereocenters. The fourth-order valence-electron chi connectivity index (χ4n) is 5.41. The van der Waals surface area contributed by atoms with Crippen LogP contribution >= 0.6 is 0 Å². The fraction of sp³-hybridized carbons (Fsp3) is 0.812. The van der Waals surface area contributed by atoms with E-state index in [1.807, 2.05) is 10.9 Å². The number of hydrogen-bond donors (Lipinski definition) is 2. The summed E-state index contributed by atoms with van der Waals surface area (Å²) < 4.78 is 1.87. The van der Waals surface area contributed by atoms with Crippen molar-refractivity contribution in [3.8, 4) is 0 Å². The van der Waals surface area contributed by atoms with Gasteiger partial charge in [-0.3, -0.25) is 4.68 Å². The van der Waals surface area contributed by atoms with Crippen LogP contribution in [0.25, 0.3) is 0 Å². The van der Waals surface area contributed by atoms with E-state index in [-0.39, 0.29) is 0 Å². The van der Waals surface area contributed by atoms with Crippen LogP contribution in [-0.4, -0.2) is 27.5 Å². The van der Waals surface area contributed by atoms with Crippen LogP contribution in [0.5, 0.6) is 0 Å². The van der Waals surface area contributed by atoms with E-state index in [2.05, 4.69) is 11.3 Å². The van der Waals surface area contributed by atoms with Gasteiger partial charge < -0.3 is 10.8 Å². The zero-order valence-corrected chi connectivity index (χ0v) is 12.0. The van der Waals surface area contributed by atoms with E-state index in [4.69, 9.17) is 5.73 Å². The van der Waals surface area contributed by atoms with E-state index in [9.17, 15) is 5.11 Å². The second kappa shape index (κ2) is 4.85. The van der Waals surface area contributed by atoms with Gasteiger partial charge in [0.2, 0.25) is 0 Å². The summed E-state index contributed by atoms with van der Waals surface area (Å²) in [6, 6.07) is 0. The van der Waals surface area contributed by atoms with Gasteiger partial charge in [-0.15, -0.1) is 0 Å². The molecule has 4 aliphatic rings. The topological polar surface area (TPSA) is 64.1 Å². The Hall–Kier alpha value is -0.870. The molecule has 0 saturated heterocycles.